The molecule has 1 amide bonds. The topological polar surface area (TPSA) is 20.3 Å². The number of aryl methyl sites for hydroxylation is 1. The third kappa shape index (κ3) is 5.15. The Morgan fingerprint density at radius 1 is 1.35 bits per heavy atom. The average Bonchev–Trinajstić information content (AvgIpc) is 2.28. The summed E-state index contributed by atoms with van der Waals surface area (Å²) in [5.74, 6) is -0.642. The van der Waals surface area contributed by atoms with Crippen LogP contribution in [0.2, 0.25) is 0 Å². The Hall–Kier alpha value is -1.04. The fourth-order valence-electron chi connectivity index (χ4n) is 1.85. The number of alkyl halides is 3. The van der Waals surface area contributed by atoms with Crippen molar-refractivity contribution in [3.05, 3.63) is 33.8 Å². The van der Waals surface area contributed by atoms with Gasteiger partial charge in [-0.2, -0.15) is 13.2 Å². The molecule has 0 radical (unpaired) electrons. The Kier molecular flexibility index (Phi) is 5.62. The minimum Gasteiger partial charge on any atom is -0.329 e. The fraction of sp³-hybridized carbons (Fsp3) is 0.500. The molecule has 0 spiro atoms. The first kappa shape index (κ1) is 17.0. The SMILES string of the molecule is Cc1ccc(Br)c(C(=O)N(CC(C)C)CC(F)(F)F)c1. The predicted molar refractivity (Wildman–Crippen MR) is 75.7 cm³/mol. The molecule has 0 aliphatic rings. The van der Waals surface area contributed by atoms with E-state index in [0.717, 1.165) is 10.5 Å². The van der Waals surface area contributed by atoms with Gasteiger partial charge in [-0.05, 0) is 40.9 Å². The van der Waals surface area contributed by atoms with Crippen LogP contribution in [0.4, 0.5) is 13.2 Å². The van der Waals surface area contributed by atoms with Crippen LogP contribution >= 0.6 is 15.9 Å². The zero-order valence-corrected chi connectivity index (χ0v) is 13.2. The molecule has 0 fully saturated rings. The standard InChI is InChI=1S/C14H17BrF3NO/c1-9(2)7-19(8-14(16,17)18)13(20)11-6-10(3)4-5-12(11)15/h4-6,9H,7-8H2,1-3H3. The quantitative estimate of drug-likeness (QED) is 0.786. The molecule has 0 aromatic heterocycles. The van der Waals surface area contributed by atoms with Crippen molar-refractivity contribution in [2.75, 3.05) is 13.1 Å². The van der Waals surface area contributed by atoms with Crippen molar-refractivity contribution in [2.45, 2.75) is 26.9 Å². The molecule has 0 saturated carbocycles. The molecule has 0 heterocycles. The van der Waals surface area contributed by atoms with Crippen LogP contribution in [0, 0.1) is 12.8 Å². The largest absolute Gasteiger partial charge is 0.406 e. The number of hydrogen-bond donors (Lipinski definition) is 0. The summed E-state index contributed by atoms with van der Waals surface area (Å²) >= 11 is 3.22. The maximum absolute atomic E-state index is 12.6. The van der Waals surface area contributed by atoms with Gasteiger partial charge in [0.1, 0.15) is 6.54 Å². The Balaban J connectivity index is 3.06. The lowest BCUT2D eigenvalue weighted by Gasteiger charge is -2.26. The van der Waals surface area contributed by atoms with Crippen molar-refractivity contribution >= 4 is 21.8 Å². The summed E-state index contributed by atoms with van der Waals surface area (Å²) in [4.78, 5) is 13.2. The highest BCUT2D eigenvalue weighted by Gasteiger charge is 2.34. The molecular formula is C14H17BrF3NO. The van der Waals surface area contributed by atoms with Gasteiger partial charge in [0.2, 0.25) is 0 Å². The molecule has 2 nitrogen and oxygen atoms in total. The van der Waals surface area contributed by atoms with E-state index in [0.29, 0.717) is 4.47 Å². The lowest BCUT2D eigenvalue weighted by Crippen LogP contribution is -2.41. The summed E-state index contributed by atoms with van der Waals surface area (Å²) < 4.78 is 38.3. The predicted octanol–water partition coefficient (Wildman–Crippen LogP) is 4.42. The van der Waals surface area contributed by atoms with Crippen LogP contribution in [0.1, 0.15) is 29.8 Å². The van der Waals surface area contributed by atoms with Gasteiger partial charge in [-0.3, -0.25) is 4.79 Å². The number of carbonyl (C=O) groups is 1. The van der Waals surface area contributed by atoms with E-state index >= 15 is 0 Å². The number of rotatable bonds is 4. The first-order chi connectivity index (χ1) is 9.10. The van der Waals surface area contributed by atoms with Gasteiger partial charge in [0.25, 0.3) is 5.91 Å². The van der Waals surface area contributed by atoms with Crippen LogP contribution in [-0.2, 0) is 0 Å². The first-order valence-electron chi connectivity index (χ1n) is 6.22. The average molecular weight is 352 g/mol. The molecule has 1 aromatic carbocycles. The molecule has 0 atom stereocenters. The Labute approximate surface area is 125 Å². The maximum Gasteiger partial charge on any atom is 0.406 e. The van der Waals surface area contributed by atoms with E-state index in [9.17, 15) is 18.0 Å². The smallest absolute Gasteiger partial charge is 0.329 e. The van der Waals surface area contributed by atoms with Gasteiger partial charge in [-0.15, -0.1) is 0 Å². The van der Waals surface area contributed by atoms with Crippen molar-refractivity contribution in [2.24, 2.45) is 5.92 Å². The van der Waals surface area contributed by atoms with Gasteiger partial charge >= 0.3 is 6.18 Å². The number of nitrogens with zero attached hydrogens (tertiary/aromatic N) is 1. The molecule has 0 aliphatic carbocycles. The normalized spacial score (nSPS) is 11.8. The third-order valence-electron chi connectivity index (χ3n) is 2.60. The van der Waals surface area contributed by atoms with Crippen LogP contribution in [0.3, 0.4) is 0 Å². The number of halogens is 4. The van der Waals surface area contributed by atoms with E-state index in [1.165, 1.54) is 0 Å². The van der Waals surface area contributed by atoms with E-state index in [-0.39, 0.29) is 18.0 Å². The van der Waals surface area contributed by atoms with Crippen LogP contribution in [0.5, 0.6) is 0 Å². The highest BCUT2D eigenvalue weighted by atomic mass is 79.9. The molecule has 112 valence electrons. The Bertz CT molecular complexity index is 486. The molecule has 1 rings (SSSR count). The van der Waals surface area contributed by atoms with Gasteiger partial charge in [-0.1, -0.05) is 25.5 Å². The summed E-state index contributed by atoms with van der Waals surface area (Å²) in [5, 5.41) is 0. The zero-order chi connectivity index (χ0) is 15.5. The Morgan fingerprint density at radius 2 is 1.95 bits per heavy atom. The molecular weight excluding hydrogens is 335 g/mol. The second-order valence-electron chi connectivity index (χ2n) is 5.18. The molecule has 20 heavy (non-hydrogen) atoms. The van der Waals surface area contributed by atoms with Crippen molar-refractivity contribution in [3.8, 4) is 0 Å². The van der Waals surface area contributed by atoms with Crippen LogP contribution in [0.15, 0.2) is 22.7 Å². The summed E-state index contributed by atoms with van der Waals surface area (Å²) in [7, 11) is 0. The van der Waals surface area contributed by atoms with Gasteiger partial charge in [0.15, 0.2) is 0 Å². The molecule has 0 saturated heterocycles. The maximum atomic E-state index is 12.6. The highest BCUT2D eigenvalue weighted by Crippen LogP contribution is 2.23. The van der Waals surface area contributed by atoms with E-state index < -0.39 is 18.6 Å². The Morgan fingerprint density at radius 3 is 2.45 bits per heavy atom. The summed E-state index contributed by atoms with van der Waals surface area (Å²) in [6, 6.07) is 5.05. The number of benzene rings is 1. The van der Waals surface area contributed by atoms with Crippen LogP contribution in [-0.4, -0.2) is 30.1 Å². The number of carbonyl (C=O) groups excluding carboxylic acids is 1. The molecule has 6 heteroatoms. The molecule has 1 aromatic rings. The van der Waals surface area contributed by atoms with E-state index in [1.807, 2.05) is 0 Å². The van der Waals surface area contributed by atoms with Crippen molar-refractivity contribution in [1.82, 2.24) is 4.90 Å². The second-order valence-corrected chi connectivity index (χ2v) is 6.03. The van der Waals surface area contributed by atoms with Gasteiger partial charge in [0, 0.05) is 11.0 Å². The first-order valence-corrected chi connectivity index (χ1v) is 7.01. The minimum absolute atomic E-state index is 0.0371. The van der Waals surface area contributed by atoms with Crippen molar-refractivity contribution < 1.29 is 18.0 Å². The van der Waals surface area contributed by atoms with E-state index in [4.69, 9.17) is 0 Å². The van der Waals surface area contributed by atoms with Crippen LogP contribution < -0.4 is 0 Å². The summed E-state index contributed by atoms with van der Waals surface area (Å²) in [6.45, 7) is 4.19. The monoisotopic (exact) mass is 351 g/mol. The van der Waals surface area contributed by atoms with Crippen molar-refractivity contribution in [1.29, 1.82) is 0 Å². The van der Waals surface area contributed by atoms with Gasteiger partial charge in [0.05, 0.1) is 5.56 Å². The van der Waals surface area contributed by atoms with Gasteiger partial charge in [-0.25, -0.2) is 0 Å². The second kappa shape index (κ2) is 6.61. The number of amides is 1. The van der Waals surface area contributed by atoms with Gasteiger partial charge < -0.3 is 4.90 Å². The van der Waals surface area contributed by atoms with Crippen molar-refractivity contribution in [3.63, 3.8) is 0 Å². The molecule has 0 unspecified atom stereocenters. The highest BCUT2D eigenvalue weighted by molar-refractivity contribution is 9.10. The van der Waals surface area contributed by atoms with E-state index in [1.54, 1.807) is 39.0 Å². The fourth-order valence-corrected chi connectivity index (χ4v) is 2.27. The molecule has 0 bridgehead atoms. The minimum atomic E-state index is -4.40. The zero-order valence-electron chi connectivity index (χ0n) is 11.6. The molecule has 0 aliphatic heterocycles. The molecule has 0 N–H and O–H groups in total. The summed E-state index contributed by atoms with van der Waals surface area (Å²) in [5.41, 5.74) is 1.09. The lowest BCUT2D eigenvalue weighted by atomic mass is 10.1. The lowest BCUT2D eigenvalue weighted by molar-refractivity contribution is -0.141. The van der Waals surface area contributed by atoms with E-state index in [2.05, 4.69) is 15.9 Å². The third-order valence-corrected chi connectivity index (χ3v) is 3.29. The summed E-state index contributed by atoms with van der Waals surface area (Å²) in [6.07, 6.45) is -4.40. The van der Waals surface area contributed by atoms with Crippen LogP contribution in [0.25, 0.3) is 0 Å². The number of hydrogen-bond acceptors (Lipinski definition) is 1.